The van der Waals surface area contributed by atoms with Gasteiger partial charge in [0.05, 0.1) is 12.0 Å². The highest BCUT2D eigenvalue weighted by molar-refractivity contribution is 5.81. The Hall–Kier alpha value is -2.63. The van der Waals surface area contributed by atoms with E-state index in [9.17, 15) is 14.0 Å². The first-order valence-electron chi connectivity index (χ1n) is 6.80. The van der Waals surface area contributed by atoms with Crippen LogP contribution >= 0.6 is 0 Å². The van der Waals surface area contributed by atoms with Gasteiger partial charge in [0.25, 0.3) is 5.91 Å². The van der Waals surface area contributed by atoms with Crippen molar-refractivity contribution in [2.75, 3.05) is 0 Å². The van der Waals surface area contributed by atoms with Gasteiger partial charge in [-0.25, -0.2) is 4.39 Å². The third-order valence-electron chi connectivity index (χ3n) is 3.09. The Kier molecular flexibility index (Phi) is 4.93. The first kappa shape index (κ1) is 15.8. The molecular formula is C16H16FNO4. The van der Waals surface area contributed by atoms with Crippen LogP contribution in [-0.4, -0.2) is 18.0 Å². The second kappa shape index (κ2) is 6.89. The lowest BCUT2D eigenvalue weighted by Gasteiger charge is -2.08. The Balaban J connectivity index is 1.94. The summed E-state index contributed by atoms with van der Waals surface area (Å²) in [5.74, 6) is -0.699. The van der Waals surface area contributed by atoms with Crippen LogP contribution in [0.25, 0.3) is 11.3 Å². The van der Waals surface area contributed by atoms with Gasteiger partial charge in [-0.1, -0.05) is 12.1 Å². The summed E-state index contributed by atoms with van der Waals surface area (Å²) < 4.78 is 24.0. The zero-order valence-electron chi connectivity index (χ0n) is 12.0. The van der Waals surface area contributed by atoms with Gasteiger partial charge in [0, 0.05) is 6.42 Å². The largest absolute Gasteiger partial charge is 0.461 e. The zero-order chi connectivity index (χ0) is 16.1. The minimum Gasteiger partial charge on any atom is -0.461 e. The molecule has 1 heterocycles. The number of hydrogen-bond donors (Lipinski definition) is 1. The molecule has 1 aromatic heterocycles. The number of nitrogens with two attached hydrogens (primary N) is 1. The van der Waals surface area contributed by atoms with Crippen LogP contribution in [0, 0.1) is 5.82 Å². The Morgan fingerprint density at radius 3 is 2.68 bits per heavy atom. The van der Waals surface area contributed by atoms with Crippen molar-refractivity contribution in [3.63, 3.8) is 0 Å². The number of amides is 1. The van der Waals surface area contributed by atoms with Gasteiger partial charge in [0.1, 0.15) is 17.3 Å². The Morgan fingerprint density at radius 1 is 1.27 bits per heavy atom. The van der Waals surface area contributed by atoms with E-state index in [1.54, 1.807) is 30.3 Å². The van der Waals surface area contributed by atoms with Crippen molar-refractivity contribution < 1.29 is 23.1 Å². The molecule has 0 aliphatic heterocycles. The number of aryl methyl sites for hydroxylation is 1. The Morgan fingerprint density at radius 2 is 2.00 bits per heavy atom. The number of ether oxygens (including phenoxy) is 1. The number of primary amides is 1. The van der Waals surface area contributed by atoms with Crippen LogP contribution in [0.2, 0.25) is 0 Å². The average molecular weight is 305 g/mol. The topological polar surface area (TPSA) is 82.5 Å². The monoisotopic (exact) mass is 305 g/mol. The van der Waals surface area contributed by atoms with E-state index in [-0.39, 0.29) is 12.2 Å². The number of benzene rings is 1. The predicted octanol–water partition coefficient (Wildman–Crippen LogP) is 2.44. The minimum absolute atomic E-state index is 0.0435. The molecule has 2 rings (SSSR count). The van der Waals surface area contributed by atoms with Crippen LogP contribution in [0.1, 0.15) is 19.1 Å². The molecule has 116 valence electrons. The first-order valence-corrected chi connectivity index (χ1v) is 6.80. The van der Waals surface area contributed by atoms with Gasteiger partial charge in [-0.2, -0.15) is 0 Å². The molecule has 0 aliphatic rings. The molecule has 0 spiro atoms. The van der Waals surface area contributed by atoms with Crippen molar-refractivity contribution in [1.29, 1.82) is 0 Å². The lowest BCUT2D eigenvalue weighted by molar-refractivity contribution is -0.153. The van der Waals surface area contributed by atoms with E-state index in [4.69, 9.17) is 14.9 Å². The molecule has 0 radical (unpaired) electrons. The SMILES string of the molecule is CC(OC(=O)CCc1ccc(-c2ccccc2F)o1)C(N)=O. The maximum atomic E-state index is 13.6. The quantitative estimate of drug-likeness (QED) is 0.831. The van der Waals surface area contributed by atoms with E-state index in [2.05, 4.69) is 0 Å². The molecule has 1 aromatic carbocycles. The van der Waals surface area contributed by atoms with Gasteiger partial charge >= 0.3 is 5.97 Å². The number of rotatable bonds is 6. The number of hydrogen-bond acceptors (Lipinski definition) is 4. The second-order valence-electron chi connectivity index (χ2n) is 4.78. The number of halogens is 1. The van der Waals surface area contributed by atoms with E-state index in [1.807, 2.05) is 0 Å². The van der Waals surface area contributed by atoms with Crippen LogP contribution in [0.15, 0.2) is 40.8 Å². The number of carbonyl (C=O) groups is 2. The Labute approximate surface area is 126 Å². The molecule has 1 amide bonds. The molecule has 1 unspecified atom stereocenters. The van der Waals surface area contributed by atoms with Crippen LogP contribution in [0.5, 0.6) is 0 Å². The molecule has 2 aromatic rings. The van der Waals surface area contributed by atoms with Crippen molar-refractivity contribution in [3.05, 3.63) is 48.0 Å². The maximum absolute atomic E-state index is 13.6. The van der Waals surface area contributed by atoms with E-state index in [1.165, 1.54) is 13.0 Å². The van der Waals surface area contributed by atoms with Gasteiger partial charge in [0.2, 0.25) is 0 Å². The van der Waals surface area contributed by atoms with E-state index < -0.39 is 18.0 Å². The lowest BCUT2D eigenvalue weighted by atomic mass is 10.1. The van der Waals surface area contributed by atoms with Gasteiger partial charge in [0.15, 0.2) is 6.10 Å². The second-order valence-corrected chi connectivity index (χ2v) is 4.78. The molecule has 0 aliphatic carbocycles. The molecule has 5 nitrogen and oxygen atoms in total. The number of carbonyl (C=O) groups excluding carboxylic acids is 2. The summed E-state index contributed by atoms with van der Waals surface area (Å²) in [5.41, 5.74) is 5.36. The molecule has 2 N–H and O–H groups in total. The summed E-state index contributed by atoms with van der Waals surface area (Å²) in [7, 11) is 0. The summed E-state index contributed by atoms with van der Waals surface area (Å²) in [4.78, 5) is 22.3. The highest BCUT2D eigenvalue weighted by atomic mass is 19.1. The molecule has 22 heavy (non-hydrogen) atoms. The fourth-order valence-electron chi connectivity index (χ4n) is 1.86. The van der Waals surface area contributed by atoms with Gasteiger partial charge in [-0.3, -0.25) is 9.59 Å². The van der Waals surface area contributed by atoms with E-state index in [0.717, 1.165) is 0 Å². The third kappa shape index (κ3) is 3.94. The van der Waals surface area contributed by atoms with Crippen LogP contribution < -0.4 is 5.73 Å². The zero-order valence-corrected chi connectivity index (χ0v) is 12.0. The minimum atomic E-state index is -0.960. The van der Waals surface area contributed by atoms with Crippen LogP contribution in [0.4, 0.5) is 4.39 Å². The summed E-state index contributed by atoms with van der Waals surface area (Å²) >= 11 is 0. The molecular weight excluding hydrogens is 289 g/mol. The summed E-state index contributed by atoms with van der Waals surface area (Å²) in [6.45, 7) is 1.41. The fourth-order valence-corrected chi connectivity index (χ4v) is 1.86. The van der Waals surface area contributed by atoms with E-state index >= 15 is 0 Å². The normalized spacial score (nSPS) is 11.9. The molecule has 0 saturated carbocycles. The van der Waals surface area contributed by atoms with Crippen molar-refractivity contribution in [1.82, 2.24) is 0 Å². The lowest BCUT2D eigenvalue weighted by Crippen LogP contribution is -2.30. The number of furan rings is 1. The van der Waals surface area contributed by atoms with Gasteiger partial charge in [-0.15, -0.1) is 0 Å². The van der Waals surface area contributed by atoms with Crippen molar-refractivity contribution >= 4 is 11.9 Å². The van der Waals surface area contributed by atoms with Crippen molar-refractivity contribution in [2.45, 2.75) is 25.9 Å². The molecule has 6 heteroatoms. The van der Waals surface area contributed by atoms with Crippen LogP contribution in [0.3, 0.4) is 0 Å². The third-order valence-corrected chi connectivity index (χ3v) is 3.09. The molecule has 0 bridgehead atoms. The predicted molar refractivity (Wildman–Crippen MR) is 77.2 cm³/mol. The number of esters is 1. The summed E-state index contributed by atoms with van der Waals surface area (Å²) in [5, 5.41) is 0. The van der Waals surface area contributed by atoms with Gasteiger partial charge in [-0.05, 0) is 31.2 Å². The standard InChI is InChI=1S/C16H16FNO4/c1-10(16(18)20)21-15(19)9-7-11-6-8-14(22-11)12-4-2-3-5-13(12)17/h2-6,8,10H,7,9H2,1H3,(H2,18,20). The molecule has 0 saturated heterocycles. The average Bonchev–Trinajstić information content (AvgIpc) is 2.94. The van der Waals surface area contributed by atoms with E-state index in [0.29, 0.717) is 23.5 Å². The highest BCUT2D eigenvalue weighted by Crippen LogP contribution is 2.25. The maximum Gasteiger partial charge on any atom is 0.307 e. The Bertz CT molecular complexity index is 680. The smallest absolute Gasteiger partial charge is 0.307 e. The van der Waals surface area contributed by atoms with Gasteiger partial charge < -0.3 is 14.9 Å². The fraction of sp³-hybridized carbons (Fsp3) is 0.250. The molecule has 1 atom stereocenters. The summed E-state index contributed by atoms with van der Waals surface area (Å²) in [6, 6.07) is 9.58. The summed E-state index contributed by atoms with van der Waals surface area (Å²) in [6.07, 6.45) is -0.626. The van der Waals surface area contributed by atoms with Crippen molar-refractivity contribution in [2.24, 2.45) is 5.73 Å². The van der Waals surface area contributed by atoms with Crippen molar-refractivity contribution in [3.8, 4) is 11.3 Å². The highest BCUT2D eigenvalue weighted by Gasteiger charge is 2.15. The first-order chi connectivity index (χ1) is 10.5. The molecule has 0 fully saturated rings. The van der Waals surface area contributed by atoms with Crippen LogP contribution in [-0.2, 0) is 20.7 Å².